The van der Waals surface area contributed by atoms with E-state index in [1.165, 1.54) is 16.6 Å². The lowest BCUT2D eigenvalue weighted by atomic mass is 9.93. The monoisotopic (exact) mass is 508 g/mol. The lowest BCUT2D eigenvalue weighted by molar-refractivity contribution is 0.0950. The van der Waals surface area contributed by atoms with E-state index in [9.17, 15) is 13.5 Å². The number of imidazole rings is 1. The first-order valence-electron chi connectivity index (χ1n) is 11.2. The van der Waals surface area contributed by atoms with Crippen LogP contribution in [0.15, 0.2) is 12.3 Å². The third-order valence-electron chi connectivity index (χ3n) is 6.78. The van der Waals surface area contributed by atoms with Gasteiger partial charge in [0, 0.05) is 24.7 Å². The third-order valence-corrected chi connectivity index (χ3v) is 8.32. The summed E-state index contributed by atoms with van der Waals surface area (Å²) in [5.41, 5.74) is 3.08. The molecule has 34 heavy (non-hydrogen) atoms. The van der Waals surface area contributed by atoms with Gasteiger partial charge in [0.05, 0.1) is 40.8 Å². The van der Waals surface area contributed by atoms with Crippen molar-refractivity contribution in [1.29, 1.82) is 0 Å². The fourth-order valence-electron chi connectivity index (χ4n) is 5.06. The second kappa shape index (κ2) is 8.40. The number of hydrogen-bond donors (Lipinski definition) is 2. The molecule has 4 heterocycles. The van der Waals surface area contributed by atoms with Gasteiger partial charge in [0.2, 0.25) is 16.0 Å². The van der Waals surface area contributed by atoms with Crippen molar-refractivity contribution >= 4 is 38.6 Å². The van der Waals surface area contributed by atoms with Crippen molar-refractivity contribution in [2.75, 3.05) is 24.7 Å². The lowest BCUT2D eigenvalue weighted by Gasteiger charge is -2.34. The molecule has 0 amide bonds. The first-order chi connectivity index (χ1) is 16.0. The topological polar surface area (TPSA) is 113 Å². The molecule has 2 N–H and O–H groups in total. The minimum atomic E-state index is -3.38. The van der Waals surface area contributed by atoms with Crippen LogP contribution in [0.2, 0.25) is 5.02 Å². The number of hydrogen-bond acceptors (Lipinski definition) is 7. The van der Waals surface area contributed by atoms with Crippen molar-refractivity contribution in [1.82, 2.24) is 23.8 Å². The fraction of sp³-hybridized carbons (Fsp3) is 0.500. The number of sulfonamides is 1. The maximum Gasteiger partial charge on any atom is 0.223 e. The largest absolute Gasteiger partial charge is 0.390 e. The Hall–Kier alpha value is -2.34. The Kier molecular flexibility index (Phi) is 5.78. The van der Waals surface area contributed by atoms with Crippen molar-refractivity contribution in [2.24, 2.45) is 0 Å². The van der Waals surface area contributed by atoms with E-state index in [0.29, 0.717) is 23.2 Å². The first kappa shape index (κ1) is 23.4. The van der Waals surface area contributed by atoms with Crippen LogP contribution < -0.4 is 5.32 Å². The summed E-state index contributed by atoms with van der Waals surface area (Å²) in [6, 6.07) is 1.21. The number of β-amino-alcohol motifs (C(OH)–C–C–N with tert-alkyl or cyclic N) is 1. The standard InChI is InChI=1S/C22H26ClFN6O3S/c1-11-4-5-13-14(8-16(24)20-21(13)30(11)12(2)26-20)19-15(23)9-25-22(28-19)27-17-6-7-29(10-18(17)31)34(3,32)33/h8-9,11,17-18,31H,4-7,10H2,1-3H3,(H,25,27,28)/t11-,17-,18-/m1/s1. The van der Waals surface area contributed by atoms with Crippen molar-refractivity contribution in [2.45, 2.75) is 51.3 Å². The number of piperidine rings is 1. The highest BCUT2D eigenvalue weighted by Gasteiger charge is 2.33. The van der Waals surface area contributed by atoms with E-state index < -0.39 is 28.0 Å². The zero-order chi connectivity index (χ0) is 24.4. The summed E-state index contributed by atoms with van der Waals surface area (Å²) in [5.74, 6) is 0.570. The van der Waals surface area contributed by atoms with E-state index in [2.05, 4.69) is 31.8 Å². The zero-order valence-electron chi connectivity index (χ0n) is 19.1. The SMILES string of the molecule is Cc1nc2c(F)cc(-c3nc(N[C@@H]4CCN(S(C)(=O)=O)C[C@H]4O)ncc3Cl)c3c2n1[C@H](C)CC3. The van der Waals surface area contributed by atoms with Crippen LogP contribution in [-0.4, -0.2) is 68.8 Å². The molecule has 182 valence electrons. The molecule has 0 spiro atoms. The molecule has 1 saturated heterocycles. The molecule has 5 rings (SSSR count). The molecule has 2 aliphatic rings. The minimum Gasteiger partial charge on any atom is -0.390 e. The Morgan fingerprint density at radius 3 is 2.76 bits per heavy atom. The van der Waals surface area contributed by atoms with Crippen molar-refractivity contribution in [3.05, 3.63) is 34.5 Å². The molecule has 2 aliphatic heterocycles. The molecule has 9 nitrogen and oxygen atoms in total. The Morgan fingerprint density at radius 2 is 2.06 bits per heavy atom. The molecular weight excluding hydrogens is 483 g/mol. The maximum atomic E-state index is 15.1. The Morgan fingerprint density at radius 1 is 1.29 bits per heavy atom. The smallest absolute Gasteiger partial charge is 0.223 e. The maximum absolute atomic E-state index is 15.1. The first-order valence-corrected chi connectivity index (χ1v) is 13.4. The molecule has 1 aromatic carbocycles. The number of aromatic nitrogens is 4. The van der Waals surface area contributed by atoms with Crippen LogP contribution in [0.4, 0.5) is 10.3 Å². The zero-order valence-corrected chi connectivity index (χ0v) is 20.7. The van der Waals surface area contributed by atoms with Crippen LogP contribution in [0.1, 0.15) is 37.2 Å². The highest BCUT2D eigenvalue weighted by molar-refractivity contribution is 7.88. The number of aliphatic hydroxyl groups excluding tert-OH is 1. The van der Waals surface area contributed by atoms with Gasteiger partial charge in [0.25, 0.3) is 0 Å². The molecule has 2 aromatic heterocycles. The summed E-state index contributed by atoms with van der Waals surface area (Å²) in [6.07, 6.45) is 3.66. The molecule has 0 bridgehead atoms. The molecular formula is C22H26ClFN6O3S. The quantitative estimate of drug-likeness (QED) is 0.557. The molecule has 0 saturated carbocycles. The van der Waals surface area contributed by atoms with E-state index in [0.717, 1.165) is 36.0 Å². The van der Waals surface area contributed by atoms with E-state index in [-0.39, 0.29) is 30.1 Å². The number of anilines is 1. The van der Waals surface area contributed by atoms with Crippen LogP contribution >= 0.6 is 11.6 Å². The van der Waals surface area contributed by atoms with Gasteiger partial charge in [-0.2, -0.15) is 4.31 Å². The molecule has 12 heteroatoms. The fourth-order valence-corrected chi connectivity index (χ4v) is 6.11. The Bertz CT molecular complexity index is 1400. The van der Waals surface area contributed by atoms with E-state index in [1.54, 1.807) is 0 Å². The third kappa shape index (κ3) is 3.94. The second-order valence-corrected chi connectivity index (χ2v) is 11.5. The van der Waals surface area contributed by atoms with Gasteiger partial charge in [-0.05, 0) is 44.7 Å². The number of aryl methyl sites for hydroxylation is 2. The van der Waals surface area contributed by atoms with Gasteiger partial charge >= 0.3 is 0 Å². The summed E-state index contributed by atoms with van der Waals surface area (Å²) >= 11 is 6.48. The highest BCUT2D eigenvalue weighted by Crippen LogP contribution is 2.40. The van der Waals surface area contributed by atoms with Crippen LogP contribution in [0, 0.1) is 12.7 Å². The number of nitrogens with one attached hydrogen (secondary N) is 1. The summed E-state index contributed by atoms with van der Waals surface area (Å²) in [4.78, 5) is 13.3. The summed E-state index contributed by atoms with van der Waals surface area (Å²) in [7, 11) is -3.38. The van der Waals surface area contributed by atoms with Gasteiger partial charge in [0.1, 0.15) is 11.3 Å². The van der Waals surface area contributed by atoms with Crippen molar-refractivity contribution in [3.63, 3.8) is 0 Å². The van der Waals surface area contributed by atoms with Gasteiger partial charge < -0.3 is 15.0 Å². The predicted molar refractivity (Wildman–Crippen MR) is 128 cm³/mol. The minimum absolute atomic E-state index is 0.00943. The summed E-state index contributed by atoms with van der Waals surface area (Å²) in [6.45, 7) is 4.25. The molecule has 0 unspecified atom stereocenters. The molecule has 1 fully saturated rings. The molecule has 3 aromatic rings. The average molecular weight is 509 g/mol. The lowest BCUT2D eigenvalue weighted by Crippen LogP contribution is -2.51. The van der Waals surface area contributed by atoms with Gasteiger partial charge in [-0.25, -0.2) is 27.8 Å². The number of rotatable bonds is 4. The van der Waals surface area contributed by atoms with Crippen molar-refractivity contribution < 1.29 is 17.9 Å². The summed E-state index contributed by atoms with van der Waals surface area (Å²) < 4.78 is 42.0. The normalized spacial score (nSPS) is 23.4. The average Bonchev–Trinajstić information content (AvgIpc) is 3.13. The van der Waals surface area contributed by atoms with Gasteiger partial charge in [-0.3, -0.25) is 0 Å². The van der Waals surface area contributed by atoms with Crippen LogP contribution in [0.5, 0.6) is 0 Å². The van der Waals surface area contributed by atoms with E-state index in [1.807, 2.05) is 6.92 Å². The van der Waals surface area contributed by atoms with Gasteiger partial charge in [-0.15, -0.1) is 0 Å². The molecule has 3 atom stereocenters. The summed E-state index contributed by atoms with van der Waals surface area (Å²) in [5, 5.41) is 13.9. The van der Waals surface area contributed by atoms with Crippen LogP contribution in [0.3, 0.4) is 0 Å². The Labute approximate surface area is 202 Å². The van der Waals surface area contributed by atoms with E-state index >= 15 is 4.39 Å². The predicted octanol–water partition coefficient (Wildman–Crippen LogP) is 2.91. The van der Waals surface area contributed by atoms with E-state index in [4.69, 9.17) is 11.6 Å². The van der Waals surface area contributed by atoms with Crippen LogP contribution in [-0.2, 0) is 16.4 Å². The number of halogens is 2. The van der Waals surface area contributed by atoms with Crippen molar-refractivity contribution in [3.8, 4) is 11.3 Å². The molecule has 0 aliphatic carbocycles. The van der Waals surface area contributed by atoms with Gasteiger partial charge in [-0.1, -0.05) is 11.6 Å². The van der Waals surface area contributed by atoms with Gasteiger partial charge in [0.15, 0.2) is 5.82 Å². The second-order valence-electron chi connectivity index (χ2n) is 9.12. The highest BCUT2D eigenvalue weighted by atomic mass is 35.5. The number of nitrogens with zero attached hydrogens (tertiary/aromatic N) is 5. The van der Waals surface area contributed by atoms with Crippen LogP contribution in [0.25, 0.3) is 22.3 Å². The number of aliphatic hydroxyl groups is 1. The molecule has 0 radical (unpaired) electrons. The number of benzene rings is 1. The Balaban J connectivity index is 1.51.